The number of nitrogens with one attached hydrogen (secondary N) is 2. The van der Waals surface area contributed by atoms with Crippen molar-refractivity contribution in [1.82, 2.24) is 10.2 Å². The number of ether oxygens (including phenoxy) is 1. The Hall–Kier alpha value is -3.30. The van der Waals surface area contributed by atoms with Crippen LogP contribution in [-0.4, -0.2) is 57.3 Å². The van der Waals surface area contributed by atoms with Gasteiger partial charge in [0.2, 0.25) is 5.91 Å². The van der Waals surface area contributed by atoms with Gasteiger partial charge in [0, 0.05) is 6.04 Å². The van der Waals surface area contributed by atoms with E-state index < -0.39 is 42.2 Å². The molecule has 2 atom stereocenters. The normalized spacial score (nSPS) is 14.9. The van der Waals surface area contributed by atoms with Crippen molar-refractivity contribution in [3.63, 3.8) is 0 Å². The van der Waals surface area contributed by atoms with Gasteiger partial charge in [0.15, 0.2) is 0 Å². The lowest BCUT2D eigenvalue weighted by Crippen LogP contribution is -2.54. The Morgan fingerprint density at radius 2 is 1.83 bits per heavy atom. The number of phenolic OH excluding ortho intramolecular Hbond substituents is 1. The summed E-state index contributed by atoms with van der Waals surface area (Å²) in [6.07, 6.45) is 0.421. The number of aryl methyl sites for hydroxylation is 1. The first-order valence-electron chi connectivity index (χ1n) is 11.7. The molecule has 194 valence electrons. The molecule has 0 heterocycles. The zero-order valence-electron chi connectivity index (χ0n) is 20.7. The summed E-state index contributed by atoms with van der Waals surface area (Å²) in [5, 5.41) is 25.6. The van der Waals surface area contributed by atoms with Gasteiger partial charge in [0.25, 0.3) is 5.91 Å². The molecule has 2 aromatic rings. The van der Waals surface area contributed by atoms with E-state index in [-0.39, 0.29) is 11.8 Å². The molecule has 3 rings (SSSR count). The number of anilines is 1. The van der Waals surface area contributed by atoms with E-state index in [4.69, 9.17) is 16.3 Å². The minimum Gasteiger partial charge on any atom is -0.508 e. The number of nitrogens with zero attached hydrogens (tertiary/aromatic N) is 1. The number of phenols is 1. The van der Waals surface area contributed by atoms with Crippen molar-refractivity contribution in [3.8, 4) is 5.75 Å². The average Bonchev–Trinajstić information content (AvgIpc) is 3.61. The monoisotopic (exact) mass is 517 g/mol. The Balaban J connectivity index is 1.98. The van der Waals surface area contributed by atoms with Crippen LogP contribution in [0.4, 0.5) is 10.5 Å². The third-order valence-electron chi connectivity index (χ3n) is 5.55. The van der Waals surface area contributed by atoms with Crippen LogP contribution in [0.3, 0.4) is 0 Å². The Morgan fingerprint density at radius 3 is 2.39 bits per heavy atom. The zero-order chi connectivity index (χ0) is 26.6. The van der Waals surface area contributed by atoms with E-state index in [1.54, 1.807) is 58.0 Å². The molecule has 0 aliphatic heterocycles. The minimum atomic E-state index is -1.34. The van der Waals surface area contributed by atoms with Crippen molar-refractivity contribution in [3.05, 3.63) is 58.6 Å². The molecule has 4 N–H and O–H groups in total. The van der Waals surface area contributed by atoms with Gasteiger partial charge < -0.3 is 30.5 Å². The van der Waals surface area contributed by atoms with Crippen LogP contribution in [0.15, 0.2) is 42.5 Å². The SMILES string of the molecule is Cc1cccc(Cl)c1NC(=O)C(c1cccc(O)c1)N(C(=O)C(CO)NC(=O)OC(C)(C)C)C1CC1. The Bertz CT molecular complexity index is 1110. The topological polar surface area (TPSA) is 128 Å². The van der Waals surface area contributed by atoms with Gasteiger partial charge in [-0.25, -0.2) is 4.79 Å². The number of rotatable bonds is 8. The van der Waals surface area contributed by atoms with Crippen LogP contribution >= 0.6 is 11.6 Å². The Kier molecular flexibility index (Phi) is 8.47. The van der Waals surface area contributed by atoms with Crippen molar-refractivity contribution in [2.24, 2.45) is 0 Å². The van der Waals surface area contributed by atoms with Gasteiger partial charge in [-0.2, -0.15) is 0 Å². The van der Waals surface area contributed by atoms with E-state index in [0.29, 0.717) is 29.1 Å². The van der Waals surface area contributed by atoms with E-state index >= 15 is 0 Å². The average molecular weight is 518 g/mol. The first kappa shape index (κ1) is 27.3. The van der Waals surface area contributed by atoms with Crippen molar-refractivity contribution in [1.29, 1.82) is 0 Å². The number of aliphatic hydroxyl groups excluding tert-OH is 1. The van der Waals surface area contributed by atoms with Gasteiger partial charge in [-0.1, -0.05) is 35.9 Å². The number of hydrogen-bond acceptors (Lipinski definition) is 6. The first-order valence-corrected chi connectivity index (χ1v) is 12.1. The number of hydrogen-bond donors (Lipinski definition) is 4. The minimum absolute atomic E-state index is 0.0759. The lowest BCUT2D eigenvalue weighted by molar-refractivity contribution is -0.142. The maximum Gasteiger partial charge on any atom is 0.408 e. The molecule has 0 radical (unpaired) electrons. The highest BCUT2D eigenvalue weighted by atomic mass is 35.5. The number of carbonyl (C=O) groups excluding carboxylic acids is 3. The first-order chi connectivity index (χ1) is 16.9. The van der Waals surface area contributed by atoms with E-state index in [2.05, 4.69) is 10.6 Å². The van der Waals surface area contributed by atoms with Crippen LogP contribution in [0.1, 0.15) is 50.8 Å². The maximum absolute atomic E-state index is 13.7. The van der Waals surface area contributed by atoms with Gasteiger partial charge in [-0.15, -0.1) is 0 Å². The second-order valence-corrected chi connectivity index (χ2v) is 10.2. The predicted octanol–water partition coefficient (Wildman–Crippen LogP) is 3.91. The molecule has 1 aliphatic rings. The molecule has 3 amide bonds. The number of para-hydroxylation sites is 1. The van der Waals surface area contributed by atoms with Gasteiger partial charge >= 0.3 is 6.09 Å². The third kappa shape index (κ3) is 6.89. The molecular weight excluding hydrogens is 486 g/mol. The summed E-state index contributed by atoms with van der Waals surface area (Å²) in [6.45, 7) is 6.13. The molecule has 10 heteroatoms. The van der Waals surface area contributed by atoms with Crippen LogP contribution in [0.2, 0.25) is 5.02 Å². The quantitative estimate of drug-likeness (QED) is 0.420. The van der Waals surface area contributed by atoms with Gasteiger partial charge in [0.1, 0.15) is 23.4 Å². The highest BCUT2D eigenvalue weighted by Gasteiger charge is 2.44. The second kappa shape index (κ2) is 11.2. The summed E-state index contributed by atoms with van der Waals surface area (Å²) in [5.74, 6) is -1.27. The van der Waals surface area contributed by atoms with Gasteiger partial charge in [-0.05, 0) is 69.9 Å². The predicted molar refractivity (Wildman–Crippen MR) is 136 cm³/mol. The van der Waals surface area contributed by atoms with Crippen LogP contribution in [-0.2, 0) is 14.3 Å². The molecule has 1 aliphatic carbocycles. The van der Waals surface area contributed by atoms with Crippen molar-refractivity contribution < 1.29 is 29.3 Å². The highest BCUT2D eigenvalue weighted by molar-refractivity contribution is 6.34. The van der Waals surface area contributed by atoms with E-state index in [9.17, 15) is 24.6 Å². The number of aromatic hydroxyl groups is 1. The summed E-state index contributed by atoms with van der Waals surface area (Å²) in [7, 11) is 0. The largest absolute Gasteiger partial charge is 0.508 e. The summed E-state index contributed by atoms with van der Waals surface area (Å²) in [6, 6.07) is 8.46. The van der Waals surface area contributed by atoms with Gasteiger partial charge in [0.05, 0.1) is 17.3 Å². The number of amides is 3. The molecule has 36 heavy (non-hydrogen) atoms. The van der Waals surface area contributed by atoms with Gasteiger partial charge in [-0.3, -0.25) is 9.59 Å². The number of benzene rings is 2. The maximum atomic E-state index is 13.7. The lowest BCUT2D eigenvalue weighted by Gasteiger charge is -2.34. The lowest BCUT2D eigenvalue weighted by atomic mass is 10.0. The Morgan fingerprint density at radius 1 is 1.17 bits per heavy atom. The molecule has 9 nitrogen and oxygen atoms in total. The van der Waals surface area contributed by atoms with E-state index in [1.165, 1.54) is 17.0 Å². The molecule has 1 saturated carbocycles. The van der Waals surface area contributed by atoms with E-state index in [0.717, 1.165) is 5.56 Å². The highest BCUT2D eigenvalue weighted by Crippen LogP contribution is 2.37. The molecular formula is C26H32ClN3O6. The fourth-order valence-electron chi connectivity index (χ4n) is 3.80. The Labute approximate surface area is 215 Å². The molecule has 1 fully saturated rings. The number of halogens is 1. The van der Waals surface area contributed by atoms with Crippen LogP contribution in [0.25, 0.3) is 0 Å². The summed E-state index contributed by atoms with van der Waals surface area (Å²) in [4.78, 5) is 41.1. The fourth-order valence-corrected chi connectivity index (χ4v) is 4.07. The molecule has 0 spiro atoms. The van der Waals surface area contributed by atoms with Crippen molar-refractivity contribution in [2.45, 2.75) is 64.3 Å². The molecule has 2 unspecified atom stereocenters. The second-order valence-electron chi connectivity index (χ2n) is 9.78. The zero-order valence-corrected chi connectivity index (χ0v) is 21.5. The van der Waals surface area contributed by atoms with E-state index in [1.807, 2.05) is 0 Å². The smallest absolute Gasteiger partial charge is 0.408 e. The number of aliphatic hydroxyl groups is 1. The molecule has 0 bridgehead atoms. The number of alkyl carbamates (subject to hydrolysis) is 1. The molecule has 0 aromatic heterocycles. The number of carbonyl (C=O) groups is 3. The van der Waals surface area contributed by atoms with Crippen LogP contribution in [0, 0.1) is 6.92 Å². The standard InChI is InChI=1S/C26H32ClN3O6/c1-15-7-5-10-19(27)21(15)29-23(33)22(16-8-6-9-18(32)13-16)30(17-11-12-17)24(34)20(14-31)28-25(35)36-26(2,3)4/h5-10,13,17,20,22,31-32H,11-12,14H2,1-4H3,(H,28,35)(H,29,33). The molecule has 2 aromatic carbocycles. The van der Waals surface area contributed by atoms with Crippen molar-refractivity contribution >= 4 is 35.2 Å². The van der Waals surface area contributed by atoms with Crippen LogP contribution in [0.5, 0.6) is 5.75 Å². The molecule has 0 saturated heterocycles. The summed E-state index contributed by atoms with van der Waals surface area (Å²) < 4.78 is 5.23. The van der Waals surface area contributed by atoms with Crippen molar-refractivity contribution in [2.75, 3.05) is 11.9 Å². The third-order valence-corrected chi connectivity index (χ3v) is 5.86. The van der Waals surface area contributed by atoms with Crippen LogP contribution < -0.4 is 10.6 Å². The summed E-state index contributed by atoms with van der Waals surface area (Å²) >= 11 is 6.32. The summed E-state index contributed by atoms with van der Waals surface area (Å²) in [5.41, 5.74) is 0.698. The fraction of sp³-hybridized carbons (Fsp3) is 0.423.